The largest absolute Gasteiger partial charge is 0.434 e. The van der Waals surface area contributed by atoms with Gasteiger partial charge in [-0.05, 0) is 37.6 Å². The van der Waals surface area contributed by atoms with E-state index in [9.17, 15) is 18.0 Å². The average Bonchev–Trinajstić information content (AvgIpc) is 2.92. The number of nitrogens with zero attached hydrogens (tertiary/aromatic N) is 1. The smallest absolute Gasteiger partial charge is 0.388 e. The molecule has 24 heavy (non-hydrogen) atoms. The zero-order valence-corrected chi connectivity index (χ0v) is 13.5. The minimum absolute atomic E-state index is 0. The van der Waals surface area contributed by atoms with Crippen molar-refractivity contribution in [1.29, 1.82) is 0 Å². The molecule has 0 unspecified atom stereocenters. The van der Waals surface area contributed by atoms with Gasteiger partial charge in [0, 0.05) is 17.8 Å². The van der Waals surface area contributed by atoms with Crippen molar-refractivity contribution >= 4 is 18.1 Å². The summed E-state index contributed by atoms with van der Waals surface area (Å²) in [5, 5.41) is 8.46. The van der Waals surface area contributed by atoms with E-state index in [1.165, 1.54) is 12.1 Å². The summed E-state index contributed by atoms with van der Waals surface area (Å²) in [6, 6.07) is 3.42. The molecule has 4 N–H and O–H groups in total. The maximum Gasteiger partial charge on any atom is 0.434 e. The number of aromatic nitrogens is 2. The molecule has 0 amide bonds. The number of benzene rings is 1. The molecule has 0 saturated carbocycles. The number of anilines is 1. The van der Waals surface area contributed by atoms with E-state index in [1.54, 1.807) is 0 Å². The van der Waals surface area contributed by atoms with Crippen molar-refractivity contribution < 1.29 is 17.6 Å². The molecule has 0 saturated heterocycles. The number of nitrogens with one attached hydrogen (secondary N) is 2. The van der Waals surface area contributed by atoms with Crippen molar-refractivity contribution in [2.75, 3.05) is 18.4 Å². The van der Waals surface area contributed by atoms with Gasteiger partial charge >= 0.3 is 11.9 Å². The van der Waals surface area contributed by atoms with E-state index < -0.39 is 17.5 Å². The van der Waals surface area contributed by atoms with Gasteiger partial charge < -0.3 is 15.5 Å². The first-order valence-corrected chi connectivity index (χ1v) is 7.13. The fourth-order valence-corrected chi connectivity index (χ4v) is 2.09. The molecule has 0 radical (unpaired) electrons. The Labute approximate surface area is 142 Å². The number of hydrogen-bond donors (Lipinski definition) is 3. The molecule has 0 aliphatic heterocycles. The van der Waals surface area contributed by atoms with Gasteiger partial charge in [0.2, 0.25) is 5.89 Å². The number of nitrogens with two attached hydrogens (primary N) is 1. The number of halogens is 4. The van der Waals surface area contributed by atoms with Crippen LogP contribution in [-0.2, 0) is 6.18 Å². The second-order valence-corrected chi connectivity index (χ2v) is 4.95. The van der Waals surface area contributed by atoms with Gasteiger partial charge in [0.25, 0.3) is 0 Å². The molecule has 1 heterocycles. The summed E-state index contributed by atoms with van der Waals surface area (Å²) in [5.41, 5.74) is 4.80. The van der Waals surface area contributed by atoms with Crippen LogP contribution in [0.4, 0.5) is 18.9 Å². The normalized spacial score (nSPS) is 11.2. The summed E-state index contributed by atoms with van der Waals surface area (Å²) in [6.45, 7) is 0.943. The highest BCUT2D eigenvalue weighted by Crippen LogP contribution is 2.36. The Morgan fingerprint density at radius 3 is 2.58 bits per heavy atom. The van der Waals surface area contributed by atoms with Crippen LogP contribution in [0.25, 0.3) is 11.5 Å². The number of alkyl halides is 3. The summed E-state index contributed by atoms with van der Waals surface area (Å²) >= 11 is 0. The summed E-state index contributed by atoms with van der Waals surface area (Å²) in [4.78, 5) is 11.0. The van der Waals surface area contributed by atoms with Crippen LogP contribution in [0.5, 0.6) is 0 Å². The van der Waals surface area contributed by atoms with Gasteiger partial charge in [-0.3, -0.25) is 0 Å². The van der Waals surface area contributed by atoms with Crippen molar-refractivity contribution in [2.24, 2.45) is 5.73 Å². The van der Waals surface area contributed by atoms with Crippen LogP contribution < -0.4 is 16.8 Å². The highest BCUT2D eigenvalue weighted by Gasteiger charge is 2.33. The second kappa shape index (κ2) is 8.74. The van der Waals surface area contributed by atoms with Crippen LogP contribution >= 0.6 is 12.4 Å². The summed E-state index contributed by atoms with van der Waals surface area (Å²) in [5.74, 6) is -0.828. The number of H-pyrrole nitrogens is 1. The van der Waals surface area contributed by atoms with Crippen LogP contribution in [0, 0.1) is 0 Å². The van der Waals surface area contributed by atoms with Gasteiger partial charge in [-0.1, -0.05) is 6.42 Å². The Kier molecular flexibility index (Phi) is 7.30. The number of unbranched alkanes of at least 4 members (excludes halogenated alkanes) is 2. The van der Waals surface area contributed by atoms with Gasteiger partial charge in [0.1, 0.15) is 0 Å². The molecule has 0 fully saturated rings. The first-order chi connectivity index (χ1) is 10.9. The molecule has 0 atom stereocenters. The Balaban J connectivity index is 0.00000288. The highest BCUT2D eigenvalue weighted by atomic mass is 35.5. The SMILES string of the molecule is Cl.NCCCCCNc1cc(-c2n[nH]c(=O)o2)ccc1C(F)(F)F. The topological polar surface area (TPSA) is 96.9 Å². The van der Waals surface area contributed by atoms with Gasteiger partial charge in [-0.15, -0.1) is 17.5 Å². The number of hydrogen-bond acceptors (Lipinski definition) is 5. The second-order valence-electron chi connectivity index (χ2n) is 4.95. The van der Waals surface area contributed by atoms with Crippen molar-refractivity contribution in [2.45, 2.75) is 25.4 Å². The van der Waals surface area contributed by atoms with Crippen LogP contribution in [0.1, 0.15) is 24.8 Å². The lowest BCUT2D eigenvalue weighted by molar-refractivity contribution is -0.136. The predicted molar refractivity (Wildman–Crippen MR) is 86.2 cm³/mol. The third-order valence-electron chi connectivity index (χ3n) is 3.21. The summed E-state index contributed by atoms with van der Waals surface area (Å²) in [6.07, 6.45) is -2.12. The molecule has 0 spiro atoms. The van der Waals surface area contributed by atoms with Crippen LogP contribution in [0.15, 0.2) is 27.4 Å². The van der Waals surface area contributed by atoms with E-state index in [1.807, 2.05) is 0 Å². The maximum atomic E-state index is 13.1. The average molecular weight is 367 g/mol. The van der Waals surface area contributed by atoms with Crippen molar-refractivity contribution in [3.63, 3.8) is 0 Å². The Hall–Kier alpha value is -2.00. The molecular formula is C14H18ClF3N4O2. The zero-order chi connectivity index (χ0) is 16.9. The lowest BCUT2D eigenvalue weighted by Crippen LogP contribution is -2.12. The van der Waals surface area contributed by atoms with E-state index >= 15 is 0 Å². The quantitative estimate of drug-likeness (QED) is 0.654. The molecule has 10 heteroatoms. The first-order valence-electron chi connectivity index (χ1n) is 7.13. The maximum absolute atomic E-state index is 13.1. The Bertz CT molecular complexity index is 700. The van der Waals surface area contributed by atoms with E-state index in [4.69, 9.17) is 10.2 Å². The highest BCUT2D eigenvalue weighted by molar-refractivity contribution is 5.85. The van der Waals surface area contributed by atoms with Crippen molar-refractivity contribution in [3.05, 3.63) is 34.3 Å². The molecule has 1 aromatic carbocycles. The zero-order valence-electron chi connectivity index (χ0n) is 12.7. The van der Waals surface area contributed by atoms with E-state index in [-0.39, 0.29) is 29.5 Å². The Morgan fingerprint density at radius 1 is 1.25 bits per heavy atom. The molecule has 0 aliphatic carbocycles. The van der Waals surface area contributed by atoms with Crippen LogP contribution in [0.2, 0.25) is 0 Å². The fourth-order valence-electron chi connectivity index (χ4n) is 2.09. The molecule has 6 nitrogen and oxygen atoms in total. The number of aromatic amines is 1. The van der Waals surface area contributed by atoms with E-state index in [2.05, 4.69) is 15.5 Å². The van der Waals surface area contributed by atoms with Crippen LogP contribution in [0.3, 0.4) is 0 Å². The van der Waals surface area contributed by atoms with Gasteiger partial charge in [0.15, 0.2) is 0 Å². The lowest BCUT2D eigenvalue weighted by atomic mass is 10.1. The lowest BCUT2D eigenvalue weighted by Gasteiger charge is -2.15. The molecule has 1 aromatic heterocycles. The van der Waals surface area contributed by atoms with Gasteiger partial charge in [-0.2, -0.15) is 13.2 Å². The monoisotopic (exact) mass is 366 g/mol. The van der Waals surface area contributed by atoms with Gasteiger partial charge in [-0.25, -0.2) is 9.89 Å². The molecular weight excluding hydrogens is 349 g/mol. The third kappa shape index (κ3) is 5.27. The van der Waals surface area contributed by atoms with E-state index in [0.717, 1.165) is 18.9 Å². The first kappa shape index (κ1) is 20.0. The molecule has 134 valence electrons. The van der Waals surface area contributed by atoms with Crippen molar-refractivity contribution in [3.8, 4) is 11.5 Å². The van der Waals surface area contributed by atoms with Crippen molar-refractivity contribution in [1.82, 2.24) is 10.2 Å². The minimum Gasteiger partial charge on any atom is -0.388 e. The van der Waals surface area contributed by atoms with Gasteiger partial charge in [0.05, 0.1) is 5.56 Å². The predicted octanol–water partition coefficient (Wildman–Crippen LogP) is 3.01. The molecule has 0 bridgehead atoms. The summed E-state index contributed by atoms with van der Waals surface area (Å²) in [7, 11) is 0. The third-order valence-corrected chi connectivity index (χ3v) is 3.21. The summed E-state index contributed by atoms with van der Waals surface area (Å²) < 4.78 is 44.0. The molecule has 2 aromatic rings. The number of rotatable bonds is 7. The molecule has 2 rings (SSSR count). The fraction of sp³-hybridized carbons (Fsp3) is 0.429. The standard InChI is InChI=1S/C14H17F3N4O2.ClH/c15-14(16,17)10-5-4-9(12-20-21-13(22)23-12)8-11(10)19-7-3-1-2-6-18;/h4-5,8,19H,1-3,6-7,18H2,(H,21,22);1H. The Morgan fingerprint density at radius 2 is 2.00 bits per heavy atom. The minimum atomic E-state index is -4.48. The van der Waals surface area contributed by atoms with E-state index in [0.29, 0.717) is 19.5 Å². The van der Waals surface area contributed by atoms with Crippen LogP contribution in [-0.4, -0.2) is 23.3 Å². The molecule has 0 aliphatic rings.